The smallest absolute Gasteiger partial charge is 0.266 e. The zero-order valence-electron chi connectivity index (χ0n) is 21.8. The van der Waals surface area contributed by atoms with Crippen LogP contribution < -0.4 is 24.2 Å². The van der Waals surface area contributed by atoms with Crippen molar-refractivity contribution in [2.45, 2.75) is 38.8 Å². The highest BCUT2D eigenvalue weighted by atomic mass is 16.7. The summed E-state index contributed by atoms with van der Waals surface area (Å²) in [6.45, 7) is 5.08. The van der Waals surface area contributed by atoms with Gasteiger partial charge in [-0.25, -0.2) is 9.96 Å². The summed E-state index contributed by atoms with van der Waals surface area (Å²) in [5, 5.41) is 1.68. The second-order valence-electron chi connectivity index (χ2n) is 9.21. The van der Waals surface area contributed by atoms with E-state index in [2.05, 4.69) is 6.92 Å². The third kappa shape index (κ3) is 4.67. The van der Waals surface area contributed by atoms with Crippen molar-refractivity contribution in [1.29, 1.82) is 0 Å². The zero-order chi connectivity index (χ0) is 26.6. The minimum absolute atomic E-state index is 0.310. The van der Waals surface area contributed by atoms with Crippen LogP contribution in [-0.4, -0.2) is 38.2 Å². The summed E-state index contributed by atoms with van der Waals surface area (Å²) in [6, 6.07) is 21.5. The molecule has 2 aliphatic heterocycles. The number of hydrogen-bond acceptors (Lipinski definition) is 7. The Hall–Kier alpha value is -4.04. The fourth-order valence-corrected chi connectivity index (χ4v) is 4.96. The number of rotatable bonds is 10. The molecule has 3 aromatic carbocycles. The van der Waals surface area contributed by atoms with Crippen molar-refractivity contribution in [3.05, 3.63) is 78.4 Å². The normalized spacial score (nSPS) is 20.6. The molecule has 38 heavy (non-hydrogen) atoms. The maximum atomic E-state index is 13.9. The summed E-state index contributed by atoms with van der Waals surface area (Å²) >= 11 is 0. The molecule has 0 N–H and O–H groups in total. The van der Waals surface area contributed by atoms with Gasteiger partial charge in [0.2, 0.25) is 5.91 Å². The second-order valence-corrected chi connectivity index (χ2v) is 9.21. The Bertz CT molecular complexity index is 1280. The summed E-state index contributed by atoms with van der Waals surface area (Å²) < 4.78 is 17.1. The fourth-order valence-electron chi connectivity index (χ4n) is 4.96. The number of hydroxylamine groups is 1. The van der Waals surface area contributed by atoms with E-state index in [0.717, 1.165) is 24.1 Å². The van der Waals surface area contributed by atoms with E-state index < -0.39 is 24.0 Å². The molecular formula is C30H32N2O6. The lowest BCUT2D eigenvalue weighted by molar-refractivity contribution is -0.126. The number of carbonyl (C=O) groups excluding carboxylic acids is 2. The maximum absolute atomic E-state index is 13.9. The van der Waals surface area contributed by atoms with Crippen LogP contribution in [0.4, 0.5) is 11.4 Å². The third-order valence-corrected chi connectivity index (χ3v) is 6.82. The van der Waals surface area contributed by atoms with Crippen LogP contribution in [0.5, 0.6) is 17.2 Å². The van der Waals surface area contributed by atoms with Crippen molar-refractivity contribution in [3.63, 3.8) is 0 Å². The molecule has 0 aliphatic carbocycles. The number of carbonyl (C=O) groups is 2. The quantitative estimate of drug-likeness (QED) is 0.266. The highest BCUT2D eigenvalue weighted by molar-refractivity contribution is 6.23. The van der Waals surface area contributed by atoms with Gasteiger partial charge in [-0.2, -0.15) is 0 Å². The van der Waals surface area contributed by atoms with Gasteiger partial charge in [0.25, 0.3) is 5.91 Å². The Balaban J connectivity index is 1.54. The van der Waals surface area contributed by atoms with E-state index in [9.17, 15) is 9.59 Å². The molecule has 5 rings (SSSR count). The van der Waals surface area contributed by atoms with E-state index in [1.807, 2.05) is 55.5 Å². The first-order valence-corrected chi connectivity index (χ1v) is 13.0. The molecule has 0 unspecified atom stereocenters. The molecule has 0 saturated carbocycles. The summed E-state index contributed by atoms with van der Waals surface area (Å²) in [6.07, 6.45) is 1.01. The Kier molecular flexibility index (Phi) is 7.51. The van der Waals surface area contributed by atoms with Crippen molar-refractivity contribution < 1.29 is 28.6 Å². The molecule has 8 heteroatoms. The number of unbranched alkanes of at least 4 members (excludes halogenated alkanes) is 1. The van der Waals surface area contributed by atoms with Gasteiger partial charge >= 0.3 is 0 Å². The number of para-hydroxylation sites is 1. The van der Waals surface area contributed by atoms with Crippen LogP contribution >= 0.6 is 0 Å². The first-order chi connectivity index (χ1) is 18.6. The van der Waals surface area contributed by atoms with Crippen LogP contribution in [0, 0.1) is 5.92 Å². The molecule has 2 amide bonds. The zero-order valence-corrected chi connectivity index (χ0v) is 21.8. The monoisotopic (exact) mass is 516 g/mol. The number of imide groups is 1. The molecule has 0 radical (unpaired) electrons. The lowest BCUT2D eigenvalue weighted by Crippen LogP contribution is -2.37. The largest absolute Gasteiger partial charge is 0.497 e. The van der Waals surface area contributed by atoms with Crippen molar-refractivity contribution >= 4 is 23.2 Å². The van der Waals surface area contributed by atoms with Crippen molar-refractivity contribution in [1.82, 2.24) is 0 Å². The number of methoxy groups -OCH3 is 1. The number of amides is 2. The second kappa shape index (κ2) is 11.1. The number of nitrogens with zero attached hydrogens (tertiary/aromatic N) is 2. The Labute approximate surface area is 222 Å². The minimum Gasteiger partial charge on any atom is -0.497 e. The van der Waals surface area contributed by atoms with Gasteiger partial charge in [0, 0.05) is 0 Å². The molecule has 8 nitrogen and oxygen atoms in total. The van der Waals surface area contributed by atoms with Gasteiger partial charge in [0.1, 0.15) is 11.7 Å². The van der Waals surface area contributed by atoms with E-state index >= 15 is 0 Å². The number of ether oxygens (including phenoxy) is 3. The van der Waals surface area contributed by atoms with Crippen LogP contribution in [0.15, 0.2) is 72.8 Å². The predicted octanol–water partition coefficient (Wildman–Crippen LogP) is 5.32. The molecule has 2 heterocycles. The SMILES string of the molecule is CCCCOc1ccc([C@H]2[C@H]3C(=O)N(c4ccc(OC)cc4)C(=O)[C@H]3ON2c2ccccc2)cc1OCC. The Morgan fingerprint density at radius 1 is 0.842 bits per heavy atom. The Morgan fingerprint density at radius 3 is 2.29 bits per heavy atom. The average molecular weight is 517 g/mol. The van der Waals surface area contributed by atoms with Gasteiger partial charge in [-0.1, -0.05) is 37.6 Å². The Morgan fingerprint density at radius 2 is 1.61 bits per heavy atom. The van der Waals surface area contributed by atoms with Crippen molar-refractivity contribution in [2.24, 2.45) is 5.92 Å². The van der Waals surface area contributed by atoms with Gasteiger partial charge in [-0.05, 0) is 67.4 Å². The summed E-state index contributed by atoms with van der Waals surface area (Å²) in [4.78, 5) is 34.9. The van der Waals surface area contributed by atoms with Crippen LogP contribution in [0.1, 0.15) is 38.3 Å². The standard InChI is InChI=1S/C30H32N2O6/c1-4-6-18-37-24-17-12-20(19-25(24)36-5-2)27-26-28(38-32(27)22-10-8-7-9-11-22)30(34)31(29(26)33)21-13-15-23(35-3)16-14-21/h7-17,19,26-28H,4-6,18H2,1-3H3/t26-,27+,28+/m1/s1. The van der Waals surface area contributed by atoms with E-state index in [1.165, 1.54) is 4.90 Å². The highest BCUT2D eigenvalue weighted by Gasteiger charge is 2.60. The highest BCUT2D eigenvalue weighted by Crippen LogP contribution is 2.48. The summed E-state index contributed by atoms with van der Waals surface area (Å²) in [5.74, 6) is 0.446. The summed E-state index contributed by atoms with van der Waals surface area (Å²) in [7, 11) is 1.57. The maximum Gasteiger partial charge on any atom is 0.266 e. The van der Waals surface area contributed by atoms with Crippen molar-refractivity contribution in [3.8, 4) is 17.2 Å². The topological polar surface area (TPSA) is 77.5 Å². The molecule has 198 valence electrons. The van der Waals surface area contributed by atoms with Crippen LogP contribution in [-0.2, 0) is 14.4 Å². The number of benzene rings is 3. The molecule has 3 atom stereocenters. The van der Waals surface area contributed by atoms with Gasteiger partial charge in [0.15, 0.2) is 17.6 Å². The molecule has 0 spiro atoms. The lowest BCUT2D eigenvalue weighted by atomic mass is 9.90. The third-order valence-electron chi connectivity index (χ3n) is 6.82. The van der Waals surface area contributed by atoms with Gasteiger partial charge < -0.3 is 14.2 Å². The van der Waals surface area contributed by atoms with Crippen LogP contribution in [0.2, 0.25) is 0 Å². The molecular weight excluding hydrogens is 484 g/mol. The van der Waals surface area contributed by atoms with E-state index in [4.69, 9.17) is 19.0 Å². The minimum atomic E-state index is -0.953. The van der Waals surface area contributed by atoms with E-state index in [0.29, 0.717) is 36.1 Å². The fraction of sp³-hybridized carbons (Fsp3) is 0.333. The van der Waals surface area contributed by atoms with Crippen LogP contribution in [0.3, 0.4) is 0 Å². The number of anilines is 2. The summed E-state index contributed by atoms with van der Waals surface area (Å²) in [5.41, 5.74) is 2.04. The van der Waals surface area contributed by atoms with Gasteiger partial charge in [-0.15, -0.1) is 0 Å². The van der Waals surface area contributed by atoms with Gasteiger partial charge in [0.05, 0.1) is 37.7 Å². The van der Waals surface area contributed by atoms with E-state index in [-0.39, 0.29) is 5.91 Å². The van der Waals surface area contributed by atoms with Gasteiger partial charge in [-0.3, -0.25) is 14.4 Å². The first-order valence-electron chi connectivity index (χ1n) is 13.0. The van der Waals surface area contributed by atoms with E-state index in [1.54, 1.807) is 36.4 Å². The predicted molar refractivity (Wildman–Crippen MR) is 144 cm³/mol. The molecule has 2 saturated heterocycles. The number of fused-ring (bicyclic) bond motifs is 1. The molecule has 0 bridgehead atoms. The van der Waals surface area contributed by atoms with Crippen molar-refractivity contribution in [2.75, 3.05) is 30.3 Å². The average Bonchev–Trinajstić information content (AvgIpc) is 3.46. The molecule has 3 aromatic rings. The lowest BCUT2D eigenvalue weighted by Gasteiger charge is -2.29. The number of hydrogen-bond donors (Lipinski definition) is 0. The molecule has 2 fully saturated rings. The first kappa shape index (κ1) is 25.6. The molecule has 2 aliphatic rings. The molecule has 0 aromatic heterocycles. The van der Waals surface area contributed by atoms with Crippen LogP contribution in [0.25, 0.3) is 0 Å².